The van der Waals surface area contributed by atoms with Crippen LogP contribution >= 0.6 is 27.7 Å². The number of halogens is 1. The zero-order valence-corrected chi connectivity index (χ0v) is 29.3. The first-order chi connectivity index (χ1) is 19.9. The van der Waals surface area contributed by atoms with Gasteiger partial charge in [-0.3, -0.25) is 14.9 Å². The number of carbonyl (C=O) groups excluding carboxylic acids is 1. The SMILES string of the molecule is CSCCOCn1cc(COc2ccc([N+](=O)[O-])c(COC(=O)C(C)(C)C(CBr)c3ccc(S(=O)(=O)[O-])cc3)c2)nn1.[Na+]. The van der Waals surface area contributed by atoms with E-state index in [1.807, 2.05) is 6.26 Å². The van der Waals surface area contributed by atoms with Crippen molar-refractivity contribution in [3.05, 3.63) is 75.6 Å². The molecular formula is C26H30BrN4NaO9S2. The molecule has 0 amide bonds. The zero-order chi connectivity index (χ0) is 30.9. The van der Waals surface area contributed by atoms with Crippen LogP contribution < -0.4 is 34.3 Å². The minimum atomic E-state index is -4.61. The predicted molar refractivity (Wildman–Crippen MR) is 156 cm³/mol. The van der Waals surface area contributed by atoms with E-state index in [0.29, 0.717) is 28.9 Å². The second kappa shape index (κ2) is 16.9. The molecular weight excluding hydrogens is 679 g/mol. The Labute approximate surface area is 284 Å². The van der Waals surface area contributed by atoms with Gasteiger partial charge in [0.15, 0.2) is 0 Å². The quantitative estimate of drug-likeness (QED) is 0.0397. The summed E-state index contributed by atoms with van der Waals surface area (Å²) in [6.07, 6.45) is 3.66. The molecule has 13 nitrogen and oxygen atoms in total. The van der Waals surface area contributed by atoms with Crippen LogP contribution in [0.3, 0.4) is 0 Å². The number of nitro groups is 1. The topological polar surface area (TPSA) is 176 Å². The number of benzene rings is 2. The largest absolute Gasteiger partial charge is 1.00 e. The average molecular weight is 710 g/mol. The molecule has 0 N–H and O–H groups in total. The Morgan fingerprint density at radius 3 is 2.49 bits per heavy atom. The third-order valence-corrected chi connectivity index (χ3v) is 8.43. The van der Waals surface area contributed by atoms with E-state index in [1.54, 1.807) is 31.8 Å². The number of rotatable bonds is 16. The maximum atomic E-state index is 13.2. The van der Waals surface area contributed by atoms with E-state index in [4.69, 9.17) is 14.2 Å². The van der Waals surface area contributed by atoms with Gasteiger partial charge < -0.3 is 18.8 Å². The maximum Gasteiger partial charge on any atom is 1.00 e. The zero-order valence-electron chi connectivity index (χ0n) is 24.1. The third-order valence-electron chi connectivity index (χ3n) is 6.36. The van der Waals surface area contributed by atoms with Crippen LogP contribution in [0, 0.1) is 15.5 Å². The first-order valence-electron chi connectivity index (χ1n) is 12.5. The number of hydrogen-bond acceptors (Lipinski definition) is 12. The predicted octanol–water partition coefficient (Wildman–Crippen LogP) is 1.26. The maximum absolute atomic E-state index is 13.2. The van der Waals surface area contributed by atoms with Gasteiger partial charge in [-0.1, -0.05) is 33.3 Å². The van der Waals surface area contributed by atoms with Crippen molar-refractivity contribution in [1.29, 1.82) is 0 Å². The molecule has 3 rings (SSSR count). The van der Waals surface area contributed by atoms with Crippen LogP contribution in [-0.2, 0) is 44.3 Å². The number of thioether (sulfide) groups is 1. The Morgan fingerprint density at radius 1 is 1.19 bits per heavy atom. The molecule has 0 aliphatic carbocycles. The van der Waals surface area contributed by atoms with Gasteiger partial charge in [0.1, 0.15) is 41.5 Å². The number of aromatic nitrogens is 3. The number of hydrogen-bond donors (Lipinski definition) is 0. The van der Waals surface area contributed by atoms with Gasteiger partial charge >= 0.3 is 35.5 Å². The molecule has 17 heteroatoms. The molecule has 0 bridgehead atoms. The minimum absolute atomic E-state index is 0. The molecule has 3 aromatic rings. The van der Waals surface area contributed by atoms with E-state index in [0.717, 1.165) is 5.75 Å². The molecule has 1 atom stereocenters. The summed E-state index contributed by atoms with van der Waals surface area (Å²) < 4.78 is 52.1. The summed E-state index contributed by atoms with van der Waals surface area (Å²) in [5, 5.41) is 20.0. The monoisotopic (exact) mass is 708 g/mol. The van der Waals surface area contributed by atoms with Gasteiger partial charge in [0, 0.05) is 23.1 Å². The summed E-state index contributed by atoms with van der Waals surface area (Å²) in [6.45, 7) is 3.79. The van der Waals surface area contributed by atoms with Gasteiger partial charge in [-0.25, -0.2) is 13.1 Å². The molecule has 0 saturated heterocycles. The Bertz CT molecular complexity index is 1490. The standard InChI is InChI=1S/C26H31BrN4O9S2.Na/c1-26(2,23(13-27)18-4-7-22(8-5-18)42(35,36)37)25(32)40-15-19-12-21(6-9-24(19)31(33)34)39-16-20-14-30(29-28-20)17-38-10-11-41-3;/h4-9,12,14,23H,10-11,13,15-17H2,1-3H3,(H,35,36,37);/q;+1/p-1. The van der Waals surface area contributed by atoms with Crippen molar-refractivity contribution >= 4 is 49.5 Å². The fraction of sp³-hybridized carbons (Fsp3) is 0.423. The van der Waals surface area contributed by atoms with Gasteiger partial charge in [-0.2, -0.15) is 11.8 Å². The minimum Gasteiger partial charge on any atom is -0.744 e. The normalized spacial score (nSPS) is 12.3. The first kappa shape index (κ1) is 37.1. The fourth-order valence-electron chi connectivity index (χ4n) is 3.91. The van der Waals surface area contributed by atoms with Crippen LogP contribution in [0.2, 0.25) is 0 Å². The van der Waals surface area contributed by atoms with Crippen molar-refractivity contribution < 1.29 is 66.5 Å². The molecule has 1 heterocycles. The van der Waals surface area contributed by atoms with Gasteiger partial charge in [0.2, 0.25) is 0 Å². The molecule has 228 valence electrons. The van der Waals surface area contributed by atoms with Crippen molar-refractivity contribution in [2.45, 2.75) is 44.6 Å². The van der Waals surface area contributed by atoms with Gasteiger partial charge in [0.05, 0.1) is 33.6 Å². The van der Waals surface area contributed by atoms with E-state index in [2.05, 4.69) is 26.2 Å². The van der Waals surface area contributed by atoms with E-state index in [1.165, 1.54) is 47.1 Å². The number of alkyl halides is 1. The summed E-state index contributed by atoms with van der Waals surface area (Å²) in [5.74, 6) is 0.0677. The van der Waals surface area contributed by atoms with E-state index < -0.39 is 32.3 Å². The smallest absolute Gasteiger partial charge is 0.744 e. The van der Waals surface area contributed by atoms with Crippen LogP contribution in [0.25, 0.3) is 0 Å². The molecule has 43 heavy (non-hydrogen) atoms. The van der Waals surface area contributed by atoms with Crippen molar-refractivity contribution in [1.82, 2.24) is 15.0 Å². The molecule has 1 aromatic heterocycles. The summed E-state index contributed by atoms with van der Waals surface area (Å²) in [5.41, 5.74) is -0.111. The van der Waals surface area contributed by atoms with Crippen LogP contribution in [0.5, 0.6) is 5.75 Å². The van der Waals surface area contributed by atoms with Crippen LogP contribution in [0.4, 0.5) is 5.69 Å². The molecule has 0 aliphatic rings. The molecule has 0 fully saturated rings. The number of nitrogens with zero attached hydrogens (tertiary/aromatic N) is 4. The first-order valence-corrected chi connectivity index (χ1v) is 16.4. The van der Waals surface area contributed by atoms with Crippen LogP contribution in [-0.4, -0.2) is 62.8 Å². The second-order valence-electron chi connectivity index (χ2n) is 9.64. The van der Waals surface area contributed by atoms with E-state index >= 15 is 0 Å². The molecule has 1 unspecified atom stereocenters. The molecule has 0 spiro atoms. The summed E-state index contributed by atoms with van der Waals surface area (Å²) in [4.78, 5) is 23.9. The Hall–Kier alpha value is -2.05. The molecule has 2 aromatic carbocycles. The number of ether oxygens (including phenoxy) is 3. The van der Waals surface area contributed by atoms with Crippen molar-refractivity contribution in [3.8, 4) is 5.75 Å². The van der Waals surface area contributed by atoms with E-state index in [-0.39, 0.29) is 65.6 Å². The van der Waals surface area contributed by atoms with Crippen LogP contribution in [0.1, 0.15) is 36.6 Å². The van der Waals surface area contributed by atoms with Gasteiger partial charge in [0.25, 0.3) is 5.69 Å². The van der Waals surface area contributed by atoms with Crippen molar-refractivity contribution in [2.24, 2.45) is 5.41 Å². The number of esters is 1. The molecule has 0 radical (unpaired) electrons. The fourth-order valence-corrected chi connectivity index (χ4v) is 5.84. The number of carbonyl (C=O) groups is 1. The van der Waals surface area contributed by atoms with Crippen LogP contribution in [0.15, 0.2) is 53.6 Å². The summed E-state index contributed by atoms with van der Waals surface area (Å²) >= 11 is 5.07. The van der Waals surface area contributed by atoms with E-state index in [9.17, 15) is 27.9 Å². The van der Waals surface area contributed by atoms with Gasteiger partial charge in [-0.15, -0.1) is 5.10 Å². The molecule has 0 saturated carbocycles. The Balaban J connectivity index is 0.00000645. The third kappa shape index (κ3) is 10.5. The van der Waals surface area contributed by atoms with Crippen molar-refractivity contribution in [2.75, 3.05) is 23.9 Å². The van der Waals surface area contributed by atoms with Crippen molar-refractivity contribution in [3.63, 3.8) is 0 Å². The van der Waals surface area contributed by atoms with Gasteiger partial charge in [-0.05, 0) is 49.9 Å². The molecule has 0 aliphatic heterocycles. The summed E-state index contributed by atoms with van der Waals surface area (Å²) in [7, 11) is -4.61. The second-order valence-corrected chi connectivity index (χ2v) is 12.7. The Morgan fingerprint density at radius 2 is 1.88 bits per heavy atom. The Kier molecular flexibility index (Phi) is 14.6. The average Bonchev–Trinajstić information content (AvgIpc) is 3.40. The number of nitro benzene ring substituents is 1. The summed E-state index contributed by atoms with van der Waals surface area (Å²) in [6, 6.07) is 9.44.